The number of hydrogen-bond acceptors (Lipinski definition) is 3. The molecule has 2 N–H and O–H groups in total. The molecule has 1 amide bonds. The Hall–Kier alpha value is -0.610. The largest absolute Gasteiger partial charge is 0.355 e. The predicted molar refractivity (Wildman–Crippen MR) is 59.7 cm³/mol. The normalized spacial score (nSPS) is 25.9. The first-order valence-electron chi connectivity index (χ1n) is 6.04. The Bertz CT molecular complexity index is 222. The van der Waals surface area contributed by atoms with Gasteiger partial charge in [-0.3, -0.25) is 9.69 Å². The lowest BCUT2D eigenvalue weighted by Crippen LogP contribution is -2.45. The Morgan fingerprint density at radius 1 is 1.40 bits per heavy atom. The number of nitrogens with zero attached hydrogens (tertiary/aromatic N) is 1. The molecule has 2 rings (SSSR count). The van der Waals surface area contributed by atoms with Crippen LogP contribution in [0.25, 0.3) is 0 Å². The highest BCUT2D eigenvalue weighted by atomic mass is 16.2. The Kier molecular flexibility index (Phi) is 3.59. The van der Waals surface area contributed by atoms with Crippen molar-refractivity contribution in [1.82, 2.24) is 15.5 Å². The van der Waals surface area contributed by atoms with Gasteiger partial charge in [-0.2, -0.15) is 0 Å². The van der Waals surface area contributed by atoms with E-state index in [0.29, 0.717) is 18.6 Å². The molecule has 2 aliphatic rings. The van der Waals surface area contributed by atoms with E-state index in [1.54, 1.807) is 0 Å². The molecule has 2 fully saturated rings. The van der Waals surface area contributed by atoms with Crippen molar-refractivity contribution in [2.24, 2.45) is 0 Å². The Labute approximate surface area is 91.4 Å². The molecule has 1 unspecified atom stereocenters. The summed E-state index contributed by atoms with van der Waals surface area (Å²) < 4.78 is 0. The second-order valence-corrected chi connectivity index (χ2v) is 4.50. The number of likely N-dealkylation sites (N-methyl/N-ethyl adjacent to an activating group) is 1. The second-order valence-electron chi connectivity index (χ2n) is 4.50. The lowest BCUT2D eigenvalue weighted by atomic mass is 10.2. The van der Waals surface area contributed by atoms with Gasteiger partial charge in [0.2, 0.25) is 5.91 Å². The summed E-state index contributed by atoms with van der Waals surface area (Å²) in [6.07, 6.45) is 3.74. The zero-order valence-corrected chi connectivity index (χ0v) is 9.46. The van der Waals surface area contributed by atoms with Crippen LogP contribution in [-0.4, -0.2) is 49.1 Å². The van der Waals surface area contributed by atoms with E-state index in [4.69, 9.17) is 0 Å². The van der Waals surface area contributed by atoms with E-state index >= 15 is 0 Å². The zero-order chi connectivity index (χ0) is 10.7. The summed E-state index contributed by atoms with van der Waals surface area (Å²) >= 11 is 0. The van der Waals surface area contributed by atoms with Crippen LogP contribution in [0.3, 0.4) is 0 Å². The highest BCUT2D eigenvalue weighted by Gasteiger charge is 2.35. The van der Waals surface area contributed by atoms with E-state index in [9.17, 15) is 4.79 Å². The van der Waals surface area contributed by atoms with Gasteiger partial charge in [0.25, 0.3) is 0 Å². The molecule has 1 saturated heterocycles. The predicted octanol–water partition coefficient (Wildman–Crippen LogP) is -0.0512. The van der Waals surface area contributed by atoms with Crippen molar-refractivity contribution in [2.75, 3.05) is 26.2 Å². The summed E-state index contributed by atoms with van der Waals surface area (Å²) in [5.41, 5.74) is 0. The molecule has 15 heavy (non-hydrogen) atoms. The SMILES string of the molecule is CCNC(=O)CN(C1CC1)C1CCNC1. The summed E-state index contributed by atoms with van der Waals surface area (Å²) in [6.45, 7) is 5.45. The molecule has 0 aromatic carbocycles. The maximum absolute atomic E-state index is 11.6. The third kappa shape index (κ3) is 2.92. The standard InChI is InChI=1S/C11H21N3O/c1-2-13-11(15)8-14(9-3-4-9)10-5-6-12-7-10/h9-10,12H,2-8H2,1H3,(H,13,15). The third-order valence-electron chi connectivity index (χ3n) is 3.22. The number of carbonyl (C=O) groups excluding carboxylic acids is 1. The van der Waals surface area contributed by atoms with E-state index in [0.717, 1.165) is 19.6 Å². The molecule has 4 nitrogen and oxygen atoms in total. The minimum atomic E-state index is 0.177. The summed E-state index contributed by atoms with van der Waals surface area (Å²) in [5, 5.41) is 6.25. The van der Waals surface area contributed by atoms with Gasteiger partial charge in [0.1, 0.15) is 0 Å². The van der Waals surface area contributed by atoms with Crippen LogP contribution >= 0.6 is 0 Å². The van der Waals surface area contributed by atoms with Crippen LogP contribution in [0.1, 0.15) is 26.2 Å². The first kappa shape index (κ1) is 10.9. The van der Waals surface area contributed by atoms with Crippen molar-refractivity contribution >= 4 is 5.91 Å². The molecule has 4 heteroatoms. The fraction of sp³-hybridized carbons (Fsp3) is 0.909. The zero-order valence-electron chi connectivity index (χ0n) is 9.46. The summed E-state index contributed by atoms with van der Waals surface area (Å²) in [6, 6.07) is 1.26. The highest BCUT2D eigenvalue weighted by molar-refractivity contribution is 5.78. The molecule has 0 spiro atoms. The van der Waals surface area contributed by atoms with Crippen molar-refractivity contribution in [3.05, 3.63) is 0 Å². The Morgan fingerprint density at radius 3 is 2.73 bits per heavy atom. The molecule has 1 aliphatic heterocycles. The van der Waals surface area contributed by atoms with Crippen molar-refractivity contribution in [3.8, 4) is 0 Å². The van der Waals surface area contributed by atoms with Crippen LogP contribution in [0.5, 0.6) is 0 Å². The molecule has 0 aromatic heterocycles. The molecular weight excluding hydrogens is 190 g/mol. The topological polar surface area (TPSA) is 44.4 Å². The quantitative estimate of drug-likeness (QED) is 0.670. The van der Waals surface area contributed by atoms with Gasteiger partial charge in [0, 0.05) is 25.2 Å². The number of nitrogens with one attached hydrogen (secondary N) is 2. The fourth-order valence-corrected chi connectivity index (χ4v) is 2.30. The summed E-state index contributed by atoms with van der Waals surface area (Å²) in [5.74, 6) is 0.177. The minimum absolute atomic E-state index is 0.177. The maximum atomic E-state index is 11.6. The molecule has 1 saturated carbocycles. The maximum Gasteiger partial charge on any atom is 0.234 e. The molecule has 86 valence electrons. The number of hydrogen-bond donors (Lipinski definition) is 2. The van der Waals surface area contributed by atoms with Crippen molar-refractivity contribution < 1.29 is 4.79 Å². The molecule has 1 aliphatic carbocycles. The van der Waals surface area contributed by atoms with Crippen LogP contribution in [-0.2, 0) is 4.79 Å². The monoisotopic (exact) mass is 211 g/mol. The van der Waals surface area contributed by atoms with Crippen molar-refractivity contribution in [3.63, 3.8) is 0 Å². The van der Waals surface area contributed by atoms with Crippen LogP contribution in [0.4, 0.5) is 0 Å². The average molecular weight is 211 g/mol. The van der Waals surface area contributed by atoms with Gasteiger partial charge in [-0.15, -0.1) is 0 Å². The Morgan fingerprint density at radius 2 is 2.20 bits per heavy atom. The third-order valence-corrected chi connectivity index (χ3v) is 3.22. The van der Waals surface area contributed by atoms with Crippen LogP contribution in [0.15, 0.2) is 0 Å². The summed E-state index contributed by atoms with van der Waals surface area (Å²) in [7, 11) is 0. The van der Waals surface area contributed by atoms with Gasteiger partial charge in [-0.05, 0) is 32.7 Å². The number of amides is 1. The highest BCUT2D eigenvalue weighted by Crippen LogP contribution is 2.29. The van der Waals surface area contributed by atoms with E-state index in [1.807, 2.05) is 6.92 Å². The molecule has 1 heterocycles. The first-order chi connectivity index (χ1) is 7.31. The smallest absolute Gasteiger partial charge is 0.234 e. The fourth-order valence-electron chi connectivity index (χ4n) is 2.30. The van der Waals surface area contributed by atoms with Crippen molar-refractivity contribution in [2.45, 2.75) is 38.3 Å². The lowest BCUT2D eigenvalue weighted by Gasteiger charge is -2.27. The average Bonchev–Trinajstić information content (AvgIpc) is 2.90. The van der Waals surface area contributed by atoms with Gasteiger partial charge < -0.3 is 10.6 Å². The van der Waals surface area contributed by atoms with Gasteiger partial charge in [-0.25, -0.2) is 0 Å². The van der Waals surface area contributed by atoms with Crippen LogP contribution in [0, 0.1) is 0 Å². The summed E-state index contributed by atoms with van der Waals surface area (Å²) in [4.78, 5) is 14.0. The molecule has 1 atom stereocenters. The lowest BCUT2D eigenvalue weighted by molar-refractivity contribution is -0.122. The number of carbonyl (C=O) groups is 1. The van der Waals surface area contributed by atoms with Gasteiger partial charge in [0.05, 0.1) is 6.54 Å². The second kappa shape index (κ2) is 4.94. The first-order valence-corrected chi connectivity index (χ1v) is 6.04. The van der Waals surface area contributed by atoms with Crippen LogP contribution in [0.2, 0.25) is 0 Å². The Balaban J connectivity index is 1.85. The van der Waals surface area contributed by atoms with Gasteiger partial charge >= 0.3 is 0 Å². The minimum Gasteiger partial charge on any atom is -0.355 e. The van der Waals surface area contributed by atoms with E-state index in [-0.39, 0.29) is 5.91 Å². The molecule has 0 aromatic rings. The molecular formula is C11H21N3O. The molecule has 0 radical (unpaired) electrons. The van der Waals surface area contributed by atoms with Crippen LogP contribution < -0.4 is 10.6 Å². The van der Waals surface area contributed by atoms with E-state index in [2.05, 4.69) is 15.5 Å². The van der Waals surface area contributed by atoms with E-state index in [1.165, 1.54) is 19.3 Å². The van der Waals surface area contributed by atoms with Crippen molar-refractivity contribution in [1.29, 1.82) is 0 Å². The van der Waals surface area contributed by atoms with Gasteiger partial charge in [-0.1, -0.05) is 0 Å². The van der Waals surface area contributed by atoms with Gasteiger partial charge in [0.15, 0.2) is 0 Å². The number of rotatable bonds is 5. The van der Waals surface area contributed by atoms with E-state index < -0.39 is 0 Å². The molecule has 0 bridgehead atoms.